The number of furan rings is 1. The third-order valence-corrected chi connectivity index (χ3v) is 28.5. The summed E-state index contributed by atoms with van der Waals surface area (Å²) in [5.74, 6) is 0. The van der Waals surface area contributed by atoms with Gasteiger partial charge >= 0.3 is 0 Å². The summed E-state index contributed by atoms with van der Waals surface area (Å²) in [6.45, 7) is 0. The first-order valence-electron chi connectivity index (χ1n) is 41.9. The quantitative estimate of drug-likeness (QED) is 0.139. The lowest BCUT2D eigenvalue weighted by atomic mass is 9.94. The van der Waals surface area contributed by atoms with Gasteiger partial charge in [0.2, 0.25) is 0 Å². The first-order chi connectivity index (χ1) is 59.5. The number of rotatable bonds is 0. The lowest BCUT2D eigenvalue weighted by Gasteiger charge is -2.10. The van der Waals surface area contributed by atoms with Gasteiger partial charge in [-0.3, -0.25) is 0 Å². The highest BCUT2D eigenvalue weighted by atomic mass is 32.1. The number of para-hydroxylation sites is 4. The molecule has 564 valence electrons. The Morgan fingerprint density at radius 2 is 0.508 bits per heavy atom. The average molecular weight is 1570 g/mol. The van der Waals surface area contributed by atoms with Crippen LogP contribution < -0.4 is 0 Å². The van der Waals surface area contributed by atoms with Crippen LogP contribution in [0.5, 0.6) is 0 Å². The van der Waals surface area contributed by atoms with Crippen molar-refractivity contribution in [1.82, 2.24) is 15.0 Å². The zero-order chi connectivity index (χ0) is 78.6. The van der Waals surface area contributed by atoms with Crippen molar-refractivity contribution < 1.29 is 4.42 Å². The molecule has 6 heteroatoms. The van der Waals surface area contributed by atoms with Gasteiger partial charge in [0.25, 0.3) is 0 Å². The number of thiophene rings is 2. The van der Waals surface area contributed by atoms with E-state index in [-0.39, 0.29) is 0 Å². The molecule has 0 radical (unpaired) electrons. The molecule has 6 heterocycles. The lowest BCUT2D eigenvalue weighted by Crippen LogP contribution is -1.86. The Bertz CT molecular complexity index is 7920. The zero-order valence-corrected chi connectivity index (χ0v) is 67.2. The van der Waals surface area contributed by atoms with E-state index in [1.165, 1.54) is 250 Å². The maximum absolute atomic E-state index is 5.99. The Morgan fingerprint density at radius 1 is 0.175 bits per heavy atom. The Balaban J connectivity index is 0.0000000798. The lowest BCUT2D eigenvalue weighted by molar-refractivity contribution is 0.669. The number of H-pyrrole nitrogens is 3. The van der Waals surface area contributed by atoms with Crippen LogP contribution in [0.2, 0.25) is 0 Å². The van der Waals surface area contributed by atoms with E-state index >= 15 is 0 Å². The van der Waals surface area contributed by atoms with E-state index in [9.17, 15) is 0 Å². The van der Waals surface area contributed by atoms with Crippen molar-refractivity contribution in [1.29, 1.82) is 0 Å². The number of nitrogens with one attached hydrogen (secondary N) is 3. The first-order valence-corrected chi connectivity index (χ1v) is 43.5. The Hall–Kier alpha value is -14.4. The topological polar surface area (TPSA) is 60.5 Å². The molecule has 0 aliphatic heterocycles. The van der Waals surface area contributed by atoms with Crippen molar-refractivity contribution in [3.05, 3.63) is 431 Å². The van der Waals surface area contributed by atoms with Crippen LogP contribution in [0.1, 0.15) is 66.8 Å². The number of fused-ring (bicyclic) bond motifs is 42. The maximum Gasteiger partial charge on any atom is 0.136 e. The molecule has 6 aliphatic rings. The molecule has 0 unspecified atom stereocenters. The number of aromatic nitrogens is 3. The van der Waals surface area contributed by atoms with Gasteiger partial charge in [-0.25, -0.2) is 0 Å². The largest absolute Gasteiger partial charge is 0.456 e. The average Bonchev–Trinajstić information content (AvgIpc) is 1.64. The molecular formula is C114H75N3OS2. The van der Waals surface area contributed by atoms with E-state index in [2.05, 4.69) is 367 Å². The summed E-state index contributed by atoms with van der Waals surface area (Å²) >= 11 is 3.77. The molecule has 30 rings (SSSR count). The summed E-state index contributed by atoms with van der Waals surface area (Å²) in [6, 6.07) is 131. The molecule has 0 spiro atoms. The number of hydrogen-bond donors (Lipinski definition) is 3. The number of benzene rings is 18. The van der Waals surface area contributed by atoms with Crippen molar-refractivity contribution in [3.63, 3.8) is 0 Å². The fourth-order valence-corrected chi connectivity index (χ4v) is 23.2. The second-order valence-corrected chi connectivity index (χ2v) is 35.0. The third-order valence-electron chi connectivity index (χ3n) is 26.2. The molecule has 24 aromatic rings. The minimum Gasteiger partial charge on any atom is -0.456 e. The van der Waals surface area contributed by atoms with Gasteiger partial charge in [-0.15, -0.1) is 22.7 Å². The predicted molar refractivity (Wildman–Crippen MR) is 509 cm³/mol. The van der Waals surface area contributed by atoms with Crippen LogP contribution in [0.15, 0.2) is 368 Å². The highest BCUT2D eigenvalue weighted by molar-refractivity contribution is 7.26. The normalized spacial score (nSPS) is 12.8. The van der Waals surface area contributed by atoms with Crippen LogP contribution in [0.3, 0.4) is 0 Å². The molecule has 0 saturated carbocycles. The van der Waals surface area contributed by atoms with Crippen molar-refractivity contribution in [2.24, 2.45) is 0 Å². The molecule has 3 N–H and O–H groups in total. The molecule has 6 aliphatic carbocycles. The van der Waals surface area contributed by atoms with Crippen molar-refractivity contribution in [3.8, 4) is 66.8 Å². The van der Waals surface area contributed by atoms with Gasteiger partial charge in [-0.2, -0.15) is 0 Å². The molecule has 0 amide bonds. The summed E-state index contributed by atoms with van der Waals surface area (Å²) in [5.41, 5.74) is 43.9. The third kappa shape index (κ3) is 10.9. The second kappa shape index (κ2) is 27.6. The molecule has 120 heavy (non-hydrogen) atoms. The predicted octanol–water partition coefficient (Wildman–Crippen LogP) is 31.1. The molecule has 6 aromatic heterocycles. The summed E-state index contributed by atoms with van der Waals surface area (Å²) in [7, 11) is 0. The number of hydrogen-bond acceptors (Lipinski definition) is 3. The summed E-state index contributed by atoms with van der Waals surface area (Å²) in [6.07, 6.45) is 6.38. The minimum absolute atomic E-state index is 0.972. The van der Waals surface area contributed by atoms with E-state index in [0.717, 1.165) is 49.7 Å². The van der Waals surface area contributed by atoms with Gasteiger partial charge in [0.15, 0.2) is 0 Å². The summed E-state index contributed by atoms with van der Waals surface area (Å²) < 4.78 is 11.5. The van der Waals surface area contributed by atoms with E-state index in [1.807, 2.05) is 34.8 Å². The molecule has 4 nitrogen and oxygen atoms in total. The first kappa shape index (κ1) is 68.8. The van der Waals surface area contributed by atoms with E-state index < -0.39 is 0 Å². The standard InChI is InChI=1S/C20H14.2C19H13N.C19H12O.C19H12S.C18H11NS/c1-3-7-17-13(5-1)11-15-9-10-16-12-14-6-2-4-8-18(14)20(16)19(15)17;1-2-6-14-12(5-1)11-13-9-10-16-15-7-3-4-8-17(15)20-19(16)18(13)14;3*1-2-6-14-12(5-1)11-13-9-10-17-19(18(13)14)15-7-3-4-8-16(15)20-17;1-3-7-14-11(5-1)12-9-10-16-17(18(12)19-14)13-6-2-4-8-15(13)20-16/h1-10H,11-12H2;2*1-10,20H,11H2;2*1-10H,11H2;1-10,19H. The van der Waals surface area contributed by atoms with Gasteiger partial charge < -0.3 is 19.4 Å². The Kier molecular flexibility index (Phi) is 15.8. The maximum atomic E-state index is 5.99. The molecule has 0 atom stereocenters. The van der Waals surface area contributed by atoms with Crippen LogP contribution in [-0.2, 0) is 38.5 Å². The fourth-order valence-electron chi connectivity index (χ4n) is 21.0. The van der Waals surface area contributed by atoms with Crippen LogP contribution in [0, 0.1) is 0 Å². The summed E-state index contributed by atoms with van der Waals surface area (Å²) in [4.78, 5) is 10.8. The smallest absolute Gasteiger partial charge is 0.136 e. The van der Waals surface area contributed by atoms with Crippen molar-refractivity contribution >= 4 is 150 Å². The highest BCUT2D eigenvalue weighted by Gasteiger charge is 2.31. The van der Waals surface area contributed by atoms with E-state index in [0.29, 0.717) is 0 Å². The molecule has 0 saturated heterocycles. The number of aromatic amines is 3. The fraction of sp³-hybridized carbons (Fsp3) is 0.0526. The molecule has 18 aromatic carbocycles. The Labute approximate surface area is 700 Å². The Morgan fingerprint density at radius 3 is 1.05 bits per heavy atom. The van der Waals surface area contributed by atoms with Crippen LogP contribution >= 0.6 is 22.7 Å². The monoisotopic (exact) mass is 1570 g/mol. The van der Waals surface area contributed by atoms with E-state index in [1.54, 1.807) is 0 Å². The van der Waals surface area contributed by atoms with Crippen molar-refractivity contribution in [2.45, 2.75) is 38.5 Å². The molecule has 0 fully saturated rings. The van der Waals surface area contributed by atoms with Gasteiger partial charge in [0, 0.05) is 111 Å². The molecule has 0 bridgehead atoms. The van der Waals surface area contributed by atoms with Gasteiger partial charge in [0.1, 0.15) is 11.2 Å². The van der Waals surface area contributed by atoms with Gasteiger partial charge in [0.05, 0.1) is 11.0 Å². The SMILES string of the molecule is c1ccc2c(c1)Cc1ccc3[nH]c4ccccc4c3c1-2.c1ccc2c(c1)Cc1ccc3c([nH]c4ccccc43)c1-2.c1ccc2c(c1)Cc1ccc3c(c1-2)-c1ccccc1C3.c1ccc2c(c1)Cc1ccc3oc4ccccc4c3c1-2.c1ccc2c(c1)Cc1ccc3sc4ccccc4c3c1-2.c1ccc2c(c1)[nH]c1c2ccc2sc3ccccc3c21. The minimum atomic E-state index is 0.972. The highest BCUT2D eigenvalue weighted by Crippen LogP contribution is 2.53. The van der Waals surface area contributed by atoms with Gasteiger partial charge in [-0.05, 0) is 227 Å². The molecular weight excluding hydrogens is 1490 g/mol. The summed E-state index contributed by atoms with van der Waals surface area (Å²) in [5, 5.41) is 16.0. The van der Waals surface area contributed by atoms with Crippen LogP contribution in [-0.4, -0.2) is 15.0 Å². The van der Waals surface area contributed by atoms with Gasteiger partial charge in [-0.1, -0.05) is 303 Å². The van der Waals surface area contributed by atoms with Crippen LogP contribution in [0.25, 0.3) is 194 Å². The van der Waals surface area contributed by atoms with E-state index in [4.69, 9.17) is 4.42 Å². The van der Waals surface area contributed by atoms with Crippen LogP contribution in [0.4, 0.5) is 0 Å². The zero-order valence-electron chi connectivity index (χ0n) is 65.6. The van der Waals surface area contributed by atoms with Crippen molar-refractivity contribution in [2.75, 3.05) is 0 Å². The second-order valence-electron chi connectivity index (χ2n) is 32.8.